The predicted octanol–water partition coefficient (Wildman–Crippen LogP) is 1.62. The fourth-order valence-electron chi connectivity index (χ4n) is 2.86. The molecule has 0 bridgehead atoms. The summed E-state index contributed by atoms with van der Waals surface area (Å²) in [7, 11) is -1.62. The van der Waals surface area contributed by atoms with Crippen LogP contribution in [0.2, 0.25) is 0 Å². The lowest BCUT2D eigenvalue weighted by molar-refractivity contribution is 0.0646. The van der Waals surface area contributed by atoms with E-state index >= 15 is 0 Å². The maximum Gasteiger partial charge on any atom is 0.252 e. The molecule has 0 amide bonds. The average Bonchev–Trinajstić information content (AvgIpc) is 3.18. The molecule has 6 nitrogen and oxygen atoms in total. The van der Waals surface area contributed by atoms with Crippen molar-refractivity contribution < 1.29 is 13.5 Å². The van der Waals surface area contributed by atoms with Crippen LogP contribution in [-0.2, 0) is 17.1 Å². The normalized spacial score (nSPS) is 21.8. The molecule has 0 aromatic carbocycles. The number of aryl methyl sites for hydroxylation is 1. The van der Waals surface area contributed by atoms with Gasteiger partial charge in [-0.15, -0.1) is 11.3 Å². The number of hydrogen-bond acceptors (Lipinski definition) is 5. The van der Waals surface area contributed by atoms with E-state index in [1.165, 1.54) is 15.6 Å². The lowest BCUT2D eigenvalue weighted by Gasteiger charge is -2.33. The van der Waals surface area contributed by atoms with Crippen molar-refractivity contribution in [3.63, 3.8) is 0 Å². The van der Waals surface area contributed by atoms with E-state index in [2.05, 4.69) is 4.98 Å². The Kier molecular flexibility index (Phi) is 4.35. The van der Waals surface area contributed by atoms with Crippen molar-refractivity contribution in [2.24, 2.45) is 13.0 Å². The quantitative estimate of drug-likeness (QED) is 0.917. The summed E-state index contributed by atoms with van der Waals surface area (Å²) < 4.78 is 28.8. The summed E-state index contributed by atoms with van der Waals surface area (Å²) in [5.74, 6) is 0.449. The van der Waals surface area contributed by atoms with Gasteiger partial charge in [-0.3, -0.25) is 0 Å². The van der Waals surface area contributed by atoms with Crippen LogP contribution in [0.25, 0.3) is 0 Å². The number of hydrogen-bond donors (Lipinski definition) is 1. The molecule has 0 radical (unpaired) electrons. The largest absolute Gasteiger partial charge is 0.385 e. The van der Waals surface area contributed by atoms with Gasteiger partial charge in [-0.1, -0.05) is 6.07 Å². The van der Waals surface area contributed by atoms with Crippen molar-refractivity contribution >= 4 is 21.4 Å². The topological polar surface area (TPSA) is 75.4 Å². The molecule has 0 aliphatic carbocycles. The van der Waals surface area contributed by atoms with E-state index in [-0.39, 0.29) is 5.92 Å². The van der Waals surface area contributed by atoms with Crippen LogP contribution in [0.5, 0.6) is 0 Å². The predicted molar refractivity (Wildman–Crippen MR) is 84.0 cm³/mol. The van der Waals surface area contributed by atoms with Gasteiger partial charge < -0.3 is 9.67 Å². The summed E-state index contributed by atoms with van der Waals surface area (Å²) in [6, 6.07) is 3.36. The molecule has 1 fully saturated rings. The lowest BCUT2D eigenvalue weighted by atomic mass is 9.93. The smallest absolute Gasteiger partial charge is 0.252 e. The molecule has 2 atom stereocenters. The van der Waals surface area contributed by atoms with Gasteiger partial charge >= 0.3 is 0 Å². The number of thiophene rings is 1. The first kappa shape index (κ1) is 15.7. The highest BCUT2D eigenvalue weighted by Gasteiger charge is 2.35. The summed E-state index contributed by atoms with van der Waals surface area (Å²) in [4.78, 5) is 4.18. The van der Waals surface area contributed by atoms with Gasteiger partial charge in [0.2, 0.25) is 0 Å². The molecule has 1 aliphatic heterocycles. The summed E-state index contributed by atoms with van der Waals surface area (Å²) in [5.41, 5.74) is 0. The SMILES string of the molecule is Cn1ccnc1C(O)C1CCCN(S(=O)(=O)c2cccs2)C1. The maximum atomic E-state index is 12.6. The second-order valence-electron chi connectivity index (χ2n) is 5.54. The lowest BCUT2D eigenvalue weighted by Crippen LogP contribution is -2.41. The molecule has 8 heteroatoms. The standard InChI is InChI=1S/C14H19N3O3S2/c1-16-8-6-15-14(16)13(18)11-4-2-7-17(10-11)22(19,20)12-5-3-9-21-12/h3,5-6,8-9,11,13,18H,2,4,7,10H2,1H3. The Morgan fingerprint density at radius 3 is 2.95 bits per heavy atom. The second kappa shape index (κ2) is 6.11. The molecule has 2 unspecified atom stereocenters. The zero-order valence-electron chi connectivity index (χ0n) is 12.3. The third-order valence-electron chi connectivity index (χ3n) is 4.08. The number of aliphatic hydroxyl groups is 1. The van der Waals surface area contributed by atoms with Crippen LogP contribution in [0.4, 0.5) is 0 Å². The van der Waals surface area contributed by atoms with E-state index in [0.29, 0.717) is 23.1 Å². The zero-order valence-corrected chi connectivity index (χ0v) is 13.9. The summed E-state index contributed by atoms with van der Waals surface area (Å²) in [6.07, 6.45) is 4.21. The number of imidazole rings is 1. The molecule has 2 aromatic heterocycles. The van der Waals surface area contributed by atoms with Gasteiger partial charge in [0.15, 0.2) is 0 Å². The van der Waals surface area contributed by atoms with Crippen LogP contribution in [0.3, 0.4) is 0 Å². The highest BCUT2D eigenvalue weighted by atomic mass is 32.2. The maximum absolute atomic E-state index is 12.6. The molecule has 120 valence electrons. The van der Waals surface area contributed by atoms with Crippen molar-refractivity contribution in [1.82, 2.24) is 13.9 Å². The average molecular weight is 341 g/mol. The van der Waals surface area contributed by atoms with Crippen LogP contribution in [0.1, 0.15) is 24.8 Å². The van der Waals surface area contributed by atoms with Gasteiger partial charge in [0.25, 0.3) is 10.0 Å². The van der Waals surface area contributed by atoms with Crippen molar-refractivity contribution in [3.05, 3.63) is 35.7 Å². The first-order valence-electron chi connectivity index (χ1n) is 7.19. The number of rotatable bonds is 4. The third-order valence-corrected chi connectivity index (χ3v) is 7.32. The van der Waals surface area contributed by atoms with Crippen LogP contribution < -0.4 is 0 Å². The van der Waals surface area contributed by atoms with E-state index in [9.17, 15) is 13.5 Å². The molecule has 2 aromatic rings. The highest BCUT2D eigenvalue weighted by molar-refractivity contribution is 7.91. The Labute approximate surface area is 134 Å². The van der Waals surface area contributed by atoms with E-state index < -0.39 is 16.1 Å². The fraction of sp³-hybridized carbons (Fsp3) is 0.500. The molecule has 0 saturated carbocycles. The van der Waals surface area contributed by atoms with Gasteiger partial charge in [-0.05, 0) is 24.3 Å². The molecular weight excluding hydrogens is 322 g/mol. The molecule has 3 rings (SSSR count). The number of nitrogens with zero attached hydrogens (tertiary/aromatic N) is 3. The van der Waals surface area contributed by atoms with Crippen molar-refractivity contribution in [3.8, 4) is 0 Å². The van der Waals surface area contributed by atoms with Crippen LogP contribution in [-0.4, -0.2) is 40.5 Å². The number of piperidine rings is 1. The van der Waals surface area contributed by atoms with E-state index in [1.807, 2.05) is 7.05 Å². The highest BCUT2D eigenvalue weighted by Crippen LogP contribution is 2.32. The van der Waals surface area contributed by atoms with Crippen LogP contribution >= 0.6 is 11.3 Å². The van der Waals surface area contributed by atoms with E-state index in [1.54, 1.807) is 34.5 Å². The minimum atomic E-state index is -3.45. The van der Waals surface area contributed by atoms with Crippen LogP contribution in [0, 0.1) is 5.92 Å². The van der Waals surface area contributed by atoms with Gasteiger partial charge in [-0.2, -0.15) is 4.31 Å². The van der Waals surface area contributed by atoms with Crippen molar-refractivity contribution in [2.75, 3.05) is 13.1 Å². The molecule has 0 spiro atoms. The molecular formula is C14H19N3O3S2. The number of aliphatic hydroxyl groups excluding tert-OH is 1. The van der Waals surface area contributed by atoms with Gasteiger partial charge in [0, 0.05) is 38.4 Å². The Morgan fingerprint density at radius 2 is 2.32 bits per heavy atom. The van der Waals surface area contributed by atoms with Crippen molar-refractivity contribution in [1.29, 1.82) is 0 Å². The number of sulfonamides is 1. The van der Waals surface area contributed by atoms with E-state index in [0.717, 1.165) is 12.8 Å². The van der Waals surface area contributed by atoms with Gasteiger partial charge in [0.1, 0.15) is 16.1 Å². The second-order valence-corrected chi connectivity index (χ2v) is 8.65. The molecule has 3 heterocycles. The number of aromatic nitrogens is 2. The molecule has 1 saturated heterocycles. The first-order chi connectivity index (χ1) is 10.5. The molecule has 1 N–H and O–H groups in total. The summed E-state index contributed by atoms with van der Waals surface area (Å²) in [5, 5.41) is 12.3. The zero-order chi connectivity index (χ0) is 15.7. The van der Waals surface area contributed by atoms with Gasteiger partial charge in [-0.25, -0.2) is 13.4 Å². The monoisotopic (exact) mass is 341 g/mol. The van der Waals surface area contributed by atoms with Crippen LogP contribution in [0.15, 0.2) is 34.1 Å². The Balaban J connectivity index is 1.79. The minimum absolute atomic E-state index is 0.135. The Morgan fingerprint density at radius 1 is 1.50 bits per heavy atom. The summed E-state index contributed by atoms with van der Waals surface area (Å²) >= 11 is 1.22. The third kappa shape index (κ3) is 2.83. The molecule has 1 aliphatic rings. The molecule has 22 heavy (non-hydrogen) atoms. The van der Waals surface area contributed by atoms with Gasteiger partial charge in [0.05, 0.1) is 0 Å². The van der Waals surface area contributed by atoms with Crippen molar-refractivity contribution in [2.45, 2.75) is 23.2 Å². The first-order valence-corrected chi connectivity index (χ1v) is 9.51. The fourth-order valence-corrected chi connectivity index (χ4v) is 5.54. The summed E-state index contributed by atoms with van der Waals surface area (Å²) in [6.45, 7) is 0.832. The Hall–Kier alpha value is -1.22. The van der Waals surface area contributed by atoms with E-state index in [4.69, 9.17) is 0 Å². The minimum Gasteiger partial charge on any atom is -0.385 e. The Bertz CT molecular complexity index is 724.